The van der Waals surface area contributed by atoms with Crippen LogP contribution in [0.15, 0.2) is 62.8 Å². The molecule has 10 heteroatoms. The molecule has 1 heterocycles. The van der Waals surface area contributed by atoms with Gasteiger partial charge in [0.25, 0.3) is 11.4 Å². The van der Waals surface area contributed by atoms with Crippen molar-refractivity contribution in [1.82, 2.24) is 0 Å². The highest BCUT2D eigenvalue weighted by atomic mass is 16.6. The van der Waals surface area contributed by atoms with Crippen LogP contribution in [0.4, 0.5) is 17.1 Å². The fourth-order valence-corrected chi connectivity index (χ4v) is 2.34. The van der Waals surface area contributed by atoms with Crippen molar-refractivity contribution >= 4 is 33.7 Å². The summed E-state index contributed by atoms with van der Waals surface area (Å²) in [5, 5.41) is 26.0. The molecule has 0 aliphatic carbocycles. The molecule has 0 aliphatic rings. The van der Waals surface area contributed by atoms with Gasteiger partial charge in [-0.15, -0.1) is 0 Å². The first-order valence-electron chi connectivity index (χ1n) is 7.62. The maximum Gasteiger partial charge on any atom is 0.345 e. The molecule has 1 aromatic heterocycles. The smallest absolute Gasteiger partial charge is 0.345 e. The van der Waals surface area contributed by atoms with E-state index in [9.17, 15) is 25.0 Å². The van der Waals surface area contributed by atoms with E-state index in [4.69, 9.17) is 4.42 Å². The van der Waals surface area contributed by atoms with E-state index in [1.165, 1.54) is 48.5 Å². The van der Waals surface area contributed by atoms with Crippen LogP contribution < -0.4 is 11.1 Å². The first kappa shape index (κ1) is 17.7. The van der Waals surface area contributed by atoms with Crippen molar-refractivity contribution in [2.24, 2.45) is 5.10 Å². The zero-order valence-electron chi connectivity index (χ0n) is 13.9. The molecule has 0 saturated heterocycles. The summed E-state index contributed by atoms with van der Waals surface area (Å²) in [6, 6.07) is 11.0. The lowest BCUT2D eigenvalue weighted by Gasteiger charge is -2.04. The second kappa shape index (κ2) is 7.04. The van der Waals surface area contributed by atoms with Crippen molar-refractivity contribution in [2.75, 3.05) is 5.43 Å². The Morgan fingerprint density at radius 3 is 2.26 bits per heavy atom. The molecule has 2 aromatic carbocycles. The predicted octanol–water partition coefficient (Wildman–Crippen LogP) is 3.45. The van der Waals surface area contributed by atoms with Gasteiger partial charge in [0.05, 0.1) is 26.8 Å². The molecule has 0 atom stereocenters. The molecule has 1 N–H and O–H groups in total. The van der Waals surface area contributed by atoms with E-state index in [0.717, 1.165) is 0 Å². The summed E-state index contributed by atoms with van der Waals surface area (Å²) in [6.45, 7) is 1.56. The van der Waals surface area contributed by atoms with Crippen molar-refractivity contribution in [3.05, 3.63) is 84.7 Å². The van der Waals surface area contributed by atoms with Crippen molar-refractivity contribution in [3.63, 3.8) is 0 Å². The molecule has 0 fully saturated rings. The number of nitrogens with zero attached hydrogens (tertiary/aromatic N) is 3. The molecular formula is C17H12N4O6. The minimum atomic E-state index is -0.636. The molecule has 10 nitrogen and oxygen atoms in total. The summed E-state index contributed by atoms with van der Waals surface area (Å²) in [5.74, 6) is 0. The molecule has 3 aromatic rings. The molecule has 0 unspecified atom stereocenters. The van der Waals surface area contributed by atoms with Gasteiger partial charge < -0.3 is 4.42 Å². The summed E-state index contributed by atoms with van der Waals surface area (Å²) in [5.41, 5.74) is 3.01. The van der Waals surface area contributed by atoms with Crippen LogP contribution in [0.25, 0.3) is 11.0 Å². The normalized spacial score (nSPS) is 11.4. The first-order chi connectivity index (χ1) is 12.8. The van der Waals surface area contributed by atoms with Gasteiger partial charge in [-0.2, -0.15) is 5.10 Å². The van der Waals surface area contributed by atoms with Crippen molar-refractivity contribution < 1.29 is 14.3 Å². The van der Waals surface area contributed by atoms with Crippen LogP contribution in [0.1, 0.15) is 12.5 Å². The Morgan fingerprint density at radius 1 is 1.00 bits per heavy atom. The number of hydrogen-bond donors (Lipinski definition) is 1. The summed E-state index contributed by atoms with van der Waals surface area (Å²) in [4.78, 5) is 32.6. The molecule has 0 radical (unpaired) electrons. The third-order valence-electron chi connectivity index (χ3n) is 3.75. The van der Waals surface area contributed by atoms with Gasteiger partial charge in [0.15, 0.2) is 0 Å². The third-order valence-corrected chi connectivity index (χ3v) is 3.75. The molecule has 3 rings (SSSR count). The third kappa shape index (κ3) is 3.79. The number of nitrogens with one attached hydrogen (secondary N) is 1. The lowest BCUT2D eigenvalue weighted by Crippen LogP contribution is -2.13. The Morgan fingerprint density at radius 2 is 1.63 bits per heavy atom. The molecule has 136 valence electrons. The van der Waals surface area contributed by atoms with E-state index < -0.39 is 15.5 Å². The van der Waals surface area contributed by atoms with Crippen molar-refractivity contribution in [1.29, 1.82) is 0 Å². The Hall–Kier alpha value is -4.08. The van der Waals surface area contributed by atoms with E-state index in [1.807, 2.05) is 0 Å². The number of fused-ring (bicyclic) bond motifs is 1. The molecule has 0 amide bonds. The first-order valence-corrected chi connectivity index (χ1v) is 7.62. The number of hydrogen-bond acceptors (Lipinski definition) is 8. The topological polar surface area (TPSA) is 141 Å². The number of rotatable bonds is 5. The van der Waals surface area contributed by atoms with E-state index >= 15 is 0 Å². The number of nitro benzene ring substituents is 2. The number of anilines is 1. The summed E-state index contributed by atoms with van der Waals surface area (Å²) in [7, 11) is 0. The highest BCUT2D eigenvalue weighted by Gasteiger charge is 2.12. The van der Waals surface area contributed by atoms with Gasteiger partial charge in [0, 0.05) is 29.7 Å². The van der Waals surface area contributed by atoms with Gasteiger partial charge in [-0.25, -0.2) is 4.79 Å². The summed E-state index contributed by atoms with van der Waals surface area (Å²) >= 11 is 0. The van der Waals surface area contributed by atoms with Crippen molar-refractivity contribution in [3.8, 4) is 0 Å². The summed E-state index contributed by atoms with van der Waals surface area (Å²) in [6.07, 6.45) is 0. The van der Waals surface area contributed by atoms with E-state index in [0.29, 0.717) is 11.1 Å². The van der Waals surface area contributed by atoms with Crippen LogP contribution in [-0.2, 0) is 0 Å². The standard InChI is InChI=1S/C17H12N4O6/c1-10(18-19-12-2-4-13(5-3-12)20(23)24)15-9-11-8-14(21(25)26)6-7-16(11)27-17(15)22/h2-9,19H,1H3. The highest BCUT2D eigenvalue weighted by molar-refractivity contribution is 6.01. The maximum atomic E-state index is 12.1. The number of nitro groups is 2. The number of hydrazone groups is 1. The second-order valence-electron chi connectivity index (χ2n) is 5.54. The minimum absolute atomic E-state index is 0.0574. The molecular weight excluding hydrogens is 356 g/mol. The number of non-ortho nitro benzene ring substituents is 2. The second-order valence-corrected chi connectivity index (χ2v) is 5.54. The van der Waals surface area contributed by atoms with Crippen molar-refractivity contribution in [2.45, 2.75) is 6.92 Å². The number of benzene rings is 2. The lowest BCUT2D eigenvalue weighted by molar-refractivity contribution is -0.385. The average molecular weight is 368 g/mol. The fourth-order valence-electron chi connectivity index (χ4n) is 2.34. The Bertz CT molecular complexity index is 1130. The van der Waals surface area contributed by atoms with E-state index in [1.54, 1.807) is 6.92 Å². The van der Waals surface area contributed by atoms with Gasteiger partial charge in [0.1, 0.15) is 5.58 Å². The largest absolute Gasteiger partial charge is 0.422 e. The van der Waals surface area contributed by atoms with Crippen LogP contribution in [0.2, 0.25) is 0 Å². The quantitative estimate of drug-likeness (QED) is 0.314. The van der Waals surface area contributed by atoms with Gasteiger partial charge in [-0.1, -0.05) is 0 Å². The van der Waals surface area contributed by atoms with Crippen LogP contribution in [0.3, 0.4) is 0 Å². The molecule has 0 spiro atoms. The fraction of sp³-hybridized carbons (Fsp3) is 0.0588. The molecule has 27 heavy (non-hydrogen) atoms. The SMILES string of the molecule is CC(=NNc1ccc([N+](=O)[O-])cc1)c1cc2cc([N+](=O)[O-])ccc2oc1=O. The van der Waals surface area contributed by atoms with Gasteiger partial charge in [0.2, 0.25) is 0 Å². The molecule has 0 bridgehead atoms. The van der Waals surface area contributed by atoms with Crippen LogP contribution in [0.5, 0.6) is 0 Å². The highest BCUT2D eigenvalue weighted by Crippen LogP contribution is 2.21. The van der Waals surface area contributed by atoms with Crippen LogP contribution >= 0.6 is 0 Å². The minimum Gasteiger partial charge on any atom is -0.422 e. The zero-order valence-corrected chi connectivity index (χ0v) is 13.9. The van der Waals surface area contributed by atoms with Crippen LogP contribution in [0, 0.1) is 20.2 Å². The Labute approximate surface area is 151 Å². The van der Waals surface area contributed by atoms with Gasteiger partial charge in [-0.05, 0) is 31.2 Å². The van der Waals surface area contributed by atoms with Gasteiger partial charge >= 0.3 is 5.63 Å². The zero-order chi connectivity index (χ0) is 19.6. The van der Waals surface area contributed by atoms with Crippen LogP contribution in [-0.4, -0.2) is 15.6 Å². The Kier molecular flexibility index (Phi) is 4.62. The lowest BCUT2D eigenvalue weighted by atomic mass is 10.1. The summed E-state index contributed by atoms with van der Waals surface area (Å²) < 4.78 is 5.18. The van der Waals surface area contributed by atoms with Gasteiger partial charge in [-0.3, -0.25) is 25.7 Å². The predicted molar refractivity (Wildman–Crippen MR) is 98.1 cm³/mol. The Balaban J connectivity index is 1.91. The molecule has 0 saturated carbocycles. The monoisotopic (exact) mass is 368 g/mol. The average Bonchev–Trinajstić information content (AvgIpc) is 2.65. The maximum absolute atomic E-state index is 12.1. The molecule has 0 aliphatic heterocycles. The van der Waals surface area contributed by atoms with E-state index in [2.05, 4.69) is 10.5 Å². The van der Waals surface area contributed by atoms with E-state index in [-0.39, 0.29) is 28.2 Å².